The predicted octanol–water partition coefficient (Wildman–Crippen LogP) is 9.73. The normalized spacial score (nSPS) is 13.7. The van der Waals surface area contributed by atoms with E-state index >= 15 is 0 Å². The number of fused-ring (bicyclic) bond motifs is 4. The van der Waals surface area contributed by atoms with E-state index in [0.717, 1.165) is 45.2 Å². The van der Waals surface area contributed by atoms with Crippen molar-refractivity contribution in [3.05, 3.63) is 185 Å². The van der Waals surface area contributed by atoms with Crippen LogP contribution in [0.4, 0.5) is 0 Å². The second kappa shape index (κ2) is 12.1. The van der Waals surface area contributed by atoms with E-state index in [2.05, 4.69) is 67.2 Å². The van der Waals surface area contributed by atoms with Crippen LogP contribution in [0, 0.1) is 0 Å². The first kappa shape index (κ1) is 30.1. The minimum absolute atomic E-state index is 0.334. The van der Waals surface area contributed by atoms with Gasteiger partial charge in [-0.1, -0.05) is 85.4 Å². The molecule has 0 radical (unpaired) electrons. The third-order valence-electron chi connectivity index (χ3n) is 9.24. The molecule has 0 saturated heterocycles. The van der Waals surface area contributed by atoms with Gasteiger partial charge in [0.15, 0.2) is 6.29 Å². The summed E-state index contributed by atoms with van der Waals surface area (Å²) in [5, 5.41) is 0. The fraction of sp³-hybridized carbons (Fsp3) is 0.0698. The minimum atomic E-state index is -0.617. The molecular formula is C43H30O6. The lowest BCUT2D eigenvalue weighted by molar-refractivity contribution is 0.0716. The summed E-state index contributed by atoms with van der Waals surface area (Å²) >= 11 is 0. The molecule has 0 saturated carbocycles. The zero-order chi connectivity index (χ0) is 33.5. The maximum Gasteiger partial charge on any atom is 0.344 e. The fourth-order valence-corrected chi connectivity index (χ4v) is 7.11. The number of hydrogen-bond acceptors (Lipinski definition) is 6. The zero-order valence-electron chi connectivity index (χ0n) is 26.6. The Morgan fingerprint density at radius 2 is 1.14 bits per heavy atom. The number of ether oxygens (including phenoxy) is 4. The predicted molar refractivity (Wildman–Crippen MR) is 187 cm³/mol. The number of methoxy groups -OCH3 is 1. The van der Waals surface area contributed by atoms with Crippen LogP contribution in [0.15, 0.2) is 140 Å². The molecule has 6 aromatic rings. The summed E-state index contributed by atoms with van der Waals surface area (Å²) in [6.45, 7) is 4.16. The van der Waals surface area contributed by atoms with E-state index < -0.39 is 11.4 Å². The van der Waals surface area contributed by atoms with Gasteiger partial charge in [0, 0.05) is 18.2 Å². The molecule has 0 atom stereocenters. The Balaban J connectivity index is 1.28. The molecule has 1 heterocycles. The average molecular weight is 643 g/mol. The summed E-state index contributed by atoms with van der Waals surface area (Å²) in [4.78, 5) is 24.2. The first-order valence-corrected chi connectivity index (χ1v) is 15.9. The van der Waals surface area contributed by atoms with E-state index in [1.54, 1.807) is 25.3 Å². The lowest BCUT2D eigenvalue weighted by Gasteiger charge is -2.34. The Morgan fingerprint density at radius 1 is 0.633 bits per heavy atom. The third kappa shape index (κ3) is 5.01. The lowest BCUT2D eigenvalue weighted by atomic mass is 9.68. The molecule has 49 heavy (non-hydrogen) atoms. The van der Waals surface area contributed by atoms with Crippen molar-refractivity contribution in [1.29, 1.82) is 0 Å². The molecule has 0 spiro atoms. The van der Waals surface area contributed by atoms with Crippen molar-refractivity contribution in [2.24, 2.45) is 0 Å². The molecule has 0 unspecified atom stereocenters. The number of hydrogen-bond donors (Lipinski definition) is 0. The van der Waals surface area contributed by atoms with Crippen molar-refractivity contribution in [1.82, 2.24) is 0 Å². The van der Waals surface area contributed by atoms with Gasteiger partial charge in [0.1, 0.15) is 28.8 Å². The summed E-state index contributed by atoms with van der Waals surface area (Å²) in [5.41, 5.74) is 8.23. The molecule has 6 aromatic carbocycles. The Bertz CT molecular complexity index is 2230. The molecule has 1 aliphatic heterocycles. The molecule has 238 valence electrons. The summed E-state index contributed by atoms with van der Waals surface area (Å²) in [5.74, 6) is 2.20. The van der Waals surface area contributed by atoms with Crippen LogP contribution in [0.1, 0.15) is 54.1 Å². The maximum atomic E-state index is 12.4. The Morgan fingerprint density at radius 3 is 1.69 bits per heavy atom. The monoisotopic (exact) mass is 642 g/mol. The van der Waals surface area contributed by atoms with Crippen molar-refractivity contribution in [2.45, 2.75) is 12.0 Å². The highest BCUT2D eigenvalue weighted by Gasteiger charge is 2.46. The molecular weight excluding hydrogens is 612 g/mol. The topological polar surface area (TPSA) is 71.1 Å². The molecule has 2 aliphatic rings. The smallest absolute Gasteiger partial charge is 0.344 e. The van der Waals surface area contributed by atoms with Gasteiger partial charge in [-0.15, -0.1) is 0 Å². The number of carbonyl (C=O) groups is 2. The van der Waals surface area contributed by atoms with Gasteiger partial charge in [-0.05, 0) is 93.5 Å². The van der Waals surface area contributed by atoms with E-state index in [1.807, 2.05) is 54.6 Å². The maximum absolute atomic E-state index is 12.4. The highest BCUT2D eigenvalue weighted by molar-refractivity contribution is 6.03. The average Bonchev–Trinajstić information content (AvgIpc) is 3.59. The fourth-order valence-electron chi connectivity index (χ4n) is 7.11. The van der Waals surface area contributed by atoms with Crippen LogP contribution in [-0.4, -0.2) is 19.4 Å². The summed E-state index contributed by atoms with van der Waals surface area (Å²) in [6, 6.07) is 44.0. The van der Waals surface area contributed by atoms with Gasteiger partial charge in [0.2, 0.25) is 0 Å². The third-order valence-corrected chi connectivity index (χ3v) is 9.24. The Kier molecular flexibility index (Phi) is 7.43. The highest BCUT2D eigenvalue weighted by atomic mass is 16.5. The summed E-state index contributed by atoms with van der Waals surface area (Å²) in [6.07, 6.45) is 0.815. The van der Waals surface area contributed by atoms with Crippen molar-refractivity contribution in [3.8, 4) is 34.1 Å². The van der Waals surface area contributed by atoms with Gasteiger partial charge in [0.25, 0.3) is 0 Å². The zero-order valence-corrected chi connectivity index (χ0v) is 26.6. The summed E-state index contributed by atoms with van der Waals surface area (Å²) < 4.78 is 23.2. The van der Waals surface area contributed by atoms with E-state index in [0.29, 0.717) is 52.1 Å². The van der Waals surface area contributed by atoms with Crippen LogP contribution >= 0.6 is 0 Å². The first-order chi connectivity index (χ1) is 24.0. The largest absolute Gasteiger partial charge is 0.457 e. The quantitative estimate of drug-likeness (QED) is 0.115. The van der Waals surface area contributed by atoms with Gasteiger partial charge in [-0.2, -0.15) is 0 Å². The van der Waals surface area contributed by atoms with Crippen LogP contribution in [0.3, 0.4) is 0 Å². The molecule has 0 aromatic heterocycles. The molecule has 0 N–H and O–H groups in total. The number of carbonyl (C=O) groups excluding carboxylic acids is 2. The van der Waals surface area contributed by atoms with Crippen LogP contribution in [0.5, 0.6) is 23.0 Å². The second-order valence-electron chi connectivity index (χ2n) is 12.0. The van der Waals surface area contributed by atoms with Gasteiger partial charge >= 0.3 is 5.97 Å². The highest BCUT2D eigenvalue weighted by Crippen LogP contribution is 2.57. The standard InChI is InChI=1S/C43H30O6/c1-27-36-18-15-33(24-39(36)42(45)47-27)49-35-17-20-41-38(23-35)37-22-34(48-32-14-13-28(26-46-2)29(21-32)25-44)16-19-40(37)43(41,30-9-5-3-6-10-30)31-11-7-4-8-12-31/h3-25H,1,26H2,2H3. The van der Waals surface area contributed by atoms with E-state index in [-0.39, 0.29) is 0 Å². The molecule has 8 rings (SSSR count). The molecule has 0 amide bonds. The molecule has 1 aliphatic carbocycles. The van der Waals surface area contributed by atoms with E-state index in [1.165, 1.54) is 0 Å². The number of aldehydes is 1. The van der Waals surface area contributed by atoms with Crippen LogP contribution in [0.25, 0.3) is 16.9 Å². The van der Waals surface area contributed by atoms with E-state index in [9.17, 15) is 9.59 Å². The van der Waals surface area contributed by atoms with Crippen molar-refractivity contribution < 1.29 is 28.5 Å². The van der Waals surface area contributed by atoms with Crippen LogP contribution < -0.4 is 9.47 Å². The molecule has 6 nitrogen and oxygen atoms in total. The first-order valence-electron chi connectivity index (χ1n) is 15.9. The van der Waals surface area contributed by atoms with Gasteiger partial charge in [-0.3, -0.25) is 4.79 Å². The van der Waals surface area contributed by atoms with Gasteiger partial charge in [-0.25, -0.2) is 4.79 Å². The molecule has 6 heteroatoms. The number of cyclic esters (lactones) is 1. The molecule has 0 fully saturated rings. The minimum Gasteiger partial charge on any atom is -0.457 e. The van der Waals surface area contributed by atoms with Crippen molar-refractivity contribution in [3.63, 3.8) is 0 Å². The van der Waals surface area contributed by atoms with Gasteiger partial charge < -0.3 is 18.9 Å². The molecule has 0 bridgehead atoms. The number of rotatable bonds is 9. The second-order valence-corrected chi connectivity index (χ2v) is 12.0. The summed E-state index contributed by atoms with van der Waals surface area (Å²) in [7, 11) is 1.60. The number of benzene rings is 6. The van der Waals surface area contributed by atoms with Crippen LogP contribution in [0.2, 0.25) is 0 Å². The van der Waals surface area contributed by atoms with Crippen molar-refractivity contribution >= 4 is 18.0 Å². The van der Waals surface area contributed by atoms with Crippen LogP contribution in [-0.2, 0) is 21.5 Å². The van der Waals surface area contributed by atoms with E-state index in [4.69, 9.17) is 18.9 Å². The lowest BCUT2D eigenvalue weighted by Crippen LogP contribution is -2.28. The SMILES string of the molecule is C=C1OC(=O)c2cc(Oc3ccc4c(c3)-c3cc(Oc5ccc(COC)c(C=O)c5)ccc3C4(c3ccccc3)c3ccccc3)ccc21. The Hall–Kier alpha value is -6.24. The van der Waals surface area contributed by atoms with Gasteiger partial charge in [0.05, 0.1) is 17.6 Å². The Labute approximate surface area is 283 Å². The number of esters is 1. The van der Waals surface area contributed by atoms with Crippen molar-refractivity contribution in [2.75, 3.05) is 7.11 Å².